The second-order valence-corrected chi connectivity index (χ2v) is 6.01. The van der Waals surface area contributed by atoms with E-state index in [4.69, 9.17) is 11.6 Å². The number of benzene rings is 1. The van der Waals surface area contributed by atoms with E-state index in [0.29, 0.717) is 0 Å². The molecule has 1 aliphatic carbocycles. The molecule has 0 aliphatic heterocycles. The van der Waals surface area contributed by atoms with Gasteiger partial charge in [0, 0.05) is 16.6 Å². The predicted octanol–water partition coefficient (Wildman–Crippen LogP) is 2.06. The van der Waals surface area contributed by atoms with Gasteiger partial charge in [-0.25, -0.2) is 17.5 Å². The van der Waals surface area contributed by atoms with Gasteiger partial charge in [0.15, 0.2) is 0 Å². The molecule has 1 aromatic rings. The van der Waals surface area contributed by atoms with E-state index in [1.54, 1.807) is 0 Å². The molecule has 1 fully saturated rings. The molecule has 0 radical (unpaired) electrons. The summed E-state index contributed by atoms with van der Waals surface area (Å²) in [7, 11) is -3.49. The molecule has 0 atom stereocenters. The Morgan fingerprint density at radius 1 is 1.44 bits per heavy atom. The molecule has 6 heteroatoms. The molecule has 88 valence electrons. The normalized spacial score (nSPS) is 16.4. The second kappa shape index (κ2) is 4.31. The number of hydrogen-bond donors (Lipinski definition) is 1. The van der Waals surface area contributed by atoms with E-state index >= 15 is 0 Å². The molecule has 0 spiro atoms. The summed E-state index contributed by atoms with van der Waals surface area (Å²) >= 11 is 5.76. The van der Waals surface area contributed by atoms with Crippen LogP contribution in [0.1, 0.15) is 18.4 Å². The summed E-state index contributed by atoms with van der Waals surface area (Å²) in [4.78, 5) is 0. The van der Waals surface area contributed by atoms with Crippen LogP contribution in [0, 0.1) is 5.82 Å². The van der Waals surface area contributed by atoms with Crippen LogP contribution in [0.4, 0.5) is 4.39 Å². The van der Waals surface area contributed by atoms with E-state index in [9.17, 15) is 12.8 Å². The Morgan fingerprint density at radius 3 is 2.69 bits per heavy atom. The first-order chi connectivity index (χ1) is 7.48. The summed E-state index contributed by atoms with van der Waals surface area (Å²) in [6.07, 6.45) is 1.70. The lowest BCUT2D eigenvalue weighted by molar-refractivity contribution is 0.574. The Kier molecular flexibility index (Phi) is 3.19. The summed E-state index contributed by atoms with van der Waals surface area (Å²) in [5, 5.41) is 0.140. The maximum Gasteiger partial charge on any atom is 0.216 e. The van der Waals surface area contributed by atoms with Gasteiger partial charge in [-0.1, -0.05) is 17.7 Å². The van der Waals surface area contributed by atoms with Crippen molar-refractivity contribution in [2.45, 2.75) is 24.6 Å². The lowest BCUT2D eigenvalue weighted by Gasteiger charge is -2.07. The van der Waals surface area contributed by atoms with Crippen molar-refractivity contribution in [1.29, 1.82) is 0 Å². The number of rotatable bonds is 4. The van der Waals surface area contributed by atoms with E-state index < -0.39 is 21.6 Å². The lowest BCUT2D eigenvalue weighted by Crippen LogP contribution is -2.27. The van der Waals surface area contributed by atoms with Gasteiger partial charge in [0.1, 0.15) is 5.82 Å². The first-order valence-electron chi connectivity index (χ1n) is 4.91. The molecule has 0 saturated heterocycles. The van der Waals surface area contributed by atoms with Crippen LogP contribution < -0.4 is 4.72 Å². The Morgan fingerprint density at radius 2 is 2.12 bits per heavy atom. The highest BCUT2D eigenvalue weighted by atomic mass is 35.5. The van der Waals surface area contributed by atoms with Gasteiger partial charge >= 0.3 is 0 Å². The monoisotopic (exact) mass is 263 g/mol. The molecule has 1 N–H and O–H groups in total. The van der Waals surface area contributed by atoms with Crippen molar-refractivity contribution >= 4 is 21.6 Å². The molecule has 0 unspecified atom stereocenters. The summed E-state index contributed by atoms with van der Waals surface area (Å²) in [6.45, 7) is 0. The van der Waals surface area contributed by atoms with Crippen LogP contribution in [0.25, 0.3) is 0 Å². The van der Waals surface area contributed by atoms with E-state index in [-0.39, 0.29) is 16.6 Å². The van der Waals surface area contributed by atoms with Crippen molar-refractivity contribution in [1.82, 2.24) is 4.72 Å². The fourth-order valence-electron chi connectivity index (χ4n) is 1.36. The molecule has 2 rings (SSSR count). The van der Waals surface area contributed by atoms with Crippen LogP contribution in [0.3, 0.4) is 0 Å². The molecular weight excluding hydrogens is 253 g/mol. The van der Waals surface area contributed by atoms with Gasteiger partial charge < -0.3 is 0 Å². The van der Waals surface area contributed by atoms with Gasteiger partial charge in [0.25, 0.3) is 0 Å². The highest BCUT2D eigenvalue weighted by Gasteiger charge is 2.28. The molecule has 1 aromatic carbocycles. The van der Waals surface area contributed by atoms with E-state index in [0.717, 1.165) is 12.8 Å². The minimum Gasteiger partial charge on any atom is -0.212 e. The zero-order valence-corrected chi connectivity index (χ0v) is 9.98. The number of hydrogen-bond acceptors (Lipinski definition) is 2. The van der Waals surface area contributed by atoms with Gasteiger partial charge in [-0.15, -0.1) is 0 Å². The molecule has 0 bridgehead atoms. The first kappa shape index (κ1) is 11.8. The third-order valence-corrected chi connectivity index (χ3v) is 4.03. The summed E-state index contributed by atoms with van der Waals surface area (Å²) in [6, 6.07) is 4.15. The SMILES string of the molecule is O=S(=O)(Cc1c(F)cccc1Cl)NC1CC1. The van der Waals surface area contributed by atoms with Crippen LogP contribution in [0.5, 0.6) is 0 Å². The Balaban J connectivity index is 2.19. The van der Waals surface area contributed by atoms with Gasteiger partial charge in [0.05, 0.1) is 5.75 Å². The Labute approximate surface area is 98.7 Å². The molecule has 0 amide bonds. The molecule has 1 saturated carbocycles. The average molecular weight is 264 g/mol. The van der Waals surface area contributed by atoms with Crippen molar-refractivity contribution in [2.75, 3.05) is 0 Å². The minimum absolute atomic E-state index is 0.0237. The third kappa shape index (κ3) is 2.93. The highest BCUT2D eigenvalue weighted by Crippen LogP contribution is 2.24. The molecule has 16 heavy (non-hydrogen) atoms. The Hall–Kier alpha value is -0.650. The van der Waals surface area contributed by atoms with Gasteiger partial charge in [0.2, 0.25) is 10.0 Å². The van der Waals surface area contributed by atoms with Crippen molar-refractivity contribution < 1.29 is 12.8 Å². The summed E-state index contributed by atoms with van der Waals surface area (Å²) < 4.78 is 39.1. The van der Waals surface area contributed by atoms with E-state index in [1.807, 2.05) is 0 Å². The van der Waals surface area contributed by atoms with Crippen molar-refractivity contribution in [3.63, 3.8) is 0 Å². The smallest absolute Gasteiger partial charge is 0.212 e. The standard InChI is InChI=1S/C10H11ClFNO2S/c11-9-2-1-3-10(12)8(9)6-16(14,15)13-7-4-5-7/h1-3,7,13H,4-6H2. The van der Waals surface area contributed by atoms with E-state index in [2.05, 4.69) is 4.72 Å². The predicted molar refractivity (Wildman–Crippen MR) is 60.2 cm³/mol. The second-order valence-electron chi connectivity index (χ2n) is 3.85. The maximum atomic E-state index is 13.4. The van der Waals surface area contributed by atoms with Crippen molar-refractivity contribution in [3.8, 4) is 0 Å². The highest BCUT2D eigenvalue weighted by molar-refractivity contribution is 7.88. The molecule has 1 aliphatic rings. The average Bonchev–Trinajstić information content (AvgIpc) is 2.95. The minimum atomic E-state index is -3.49. The fourth-order valence-corrected chi connectivity index (χ4v) is 3.17. The van der Waals surface area contributed by atoms with Crippen molar-refractivity contribution in [3.05, 3.63) is 34.6 Å². The van der Waals surface area contributed by atoms with Gasteiger partial charge in [-0.3, -0.25) is 0 Å². The molecule has 3 nitrogen and oxygen atoms in total. The topological polar surface area (TPSA) is 46.2 Å². The summed E-state index contributed by atoms with van der Waals surface area (Å²) in [5.41, 5.74) is 0.0253. The van der Waals surface area contributed by atoms with Crippen LogP contribution in [0.2, 0.25) is 5.02 Å². The van der Waals surface area contributed by atoms with Crippen LogP contribution in [-0.4, -0.2) is 14.5 Å². The zero-order chi connectivity index (χ0) is 11.8. The molecule has 0 aromatic heterocycles. The van der Waals surface area contributed by atoms with Gasteiger partial charge in [-0.2, -0.15) is 0 Å². The lowest BCUT2D eigenvalue weighted by atomic mass is 10.2. The Bertz CT molecular complexity index is 479. The summed E-state index contributed by atoms with van der Waals surface area (Å²) in [5.74, 6) is -0.997. The number of sulfonamides is 1. The maximum absolute atomic E-state index is 13.4. The van der Waals surface area contributed by atoms with Crippen LogP contribution >= 0.6 is 11.6 Å². The zero-order valence-electron chi connectivity index (χ0n) is 8.41. The largest absolute Gasteiger partial charge is 0.216 e. The van der Waals surface area contributed by atoms with E-state index in [1.165, 1.54) is 18.2 Å². The quantitative estimate of drug-likeness (QED) is 0.904. The number of nitrogens with one attached hydrogen (secondary N) is 1. The van der Waals surface area contributed by atoms with Gasteiger partial charge in [-0.05, 0) is 25.0 Å². The van der Waals surface area contributed by atoms with Crippen molar-refractivity contribution in [2.24, 2.45) is 0 Å². The van der Waals surface area contributed by atoms with Crippen LogP contribution in [0.15, 0.2) is 18.2 Å². The molecule has 0 heterocycles. The third-order valence-electron chi connectivity index (χ3n) is 2.32. The fraction of sp³-hybridized carbons (Fsp3) is 0.400. The number of halogens is 2. The van der Waals surface area contributed by atoms with Crippen LogP contribution in [-0.2, 0) is 15.8 Å². The molecular formula is C10H11ClFNO2S. The first-order valence-corrected chi connectivity index (χ1v) is 6.94.